The van der Waals surface area contributed by atoms with Crippen molar-refractivity contribution in [3.8, 4) is 0 Å². The molecule has 0 spiro atoms. The van der Waals surface area contributed by atoms with Crippen LogP contribution < -0.4 is 5.73 Å². The summed E-state index contributed by atoms with van der Waals surface area (Å²) in [4.78, 5) is 2.27. The number of nitrogens with zero attached hydrogens (tertiary/aromatic N) is 1. The highest BCUT2D eigenvalue weighted by molar-refractivity contribution is 5.32. The number of allylic oxidation sites excluding steroid dienone is 1. The Bertz CT molecular complexity index is 309. The lowest BCUT2D eigenvalue weighted by atomic mass is 9.90. The Morgan fingerprint density at radius 2 is 2.00 bits per heavy atom. The third-order valence-electron chi connectivity index (χ3n) is 3.11. The Morgan fingerprint density at radius 1 is 1.35 bits per heavy atom. The Balaban J connectivity index is 2.92. The van der Waals surface area contributed by atoms with E-state index in [4.69, 9.17) is 15.2 Å². The van der Waals surface area contributed by atoms with Gasteiger partial charge in [-0.2, -0.15) is 0 Å². The lowest BCUT2D eigenvalue weighted by molar-refractivity contribution is 0.137. The van der Waals surface area contributed by atoms with E-state index in [1.54, 1.807) is 14.2 Å². The zero-order valence-corrected chi connectivity index (χ0v) is 11.3. The van der Waals surface area contributed by atoms with Gasteiger partial charge in [-0.15, -0.1) is 0 Å². The molecule has 0 saturated carbocycles. The van der Waals surface area contributed by atoms with E-state index in [1.165, 1.54) is 0 Å². The summed E-state index contributed by atoms with van der Waals surface area (Å²) in [5.41, 5.74) is 6.92. The molecule has 2 N–H and O–H groups in total. The van der Waals surface area contributed by atoms with E-state index in [1.807, 2.05) is 12.2 Å². The first-order chi connectivity index (χ1) is 8.10. The van der Waals surface area contributed by atoms with E-state index in [0.717, 1.165) is 24.5 Å². The Morgan fingerprint density at radius 3 is 2.47 bits per heavy atom. The predicted molar refractivity (Wildman–Crippen MR) is 69.5 cm³/mol. The molecule has 4 nitrogen and oxygen atoms in total. The van der Waals surface area contributed by atoms with Gasteiger partial charge in [-0.3, -0.25) is 0 Å². The van der Waals surface area contributed by atoms with Gasteiger partial charge < -0.3 is 20.1 Å². The molecule has 1 unspecified atom stereocenters. The molecule has 0 amide bonds. The summed E-state index contributed by atoms with van der Waals surface area (Å²) in [5, 5.41) is 0. The van der Waals surface area contributed by atoms with Gasteiger partial charge in [-0.25, -0.2) is 0 Å². The summed E-state index contributed by atoms with van der Waals surface area (Å²) in [6.07, 6.45) is 4.75. The van der Waals surface area contributed by atoms with Crippen LogP contribution in [0.4, 0.5) is 0 Å². The van der Waals surface area contributed by atoms with Gasteiger partial charge in [0.15, 0.2) is 0 Å². The van der Waals surface area contributed by atoms with Crippen molar-refractivity contribution in [2.24, 2.45) is 5.73 Å². The zero-order valence-electron chi connectivity index (χ0n) is 11.3. The summed E-state index contributed by atoms with van der Waals surface area (Å²) in [5.74, 6) is 0.941. The molecule has 0 aromatic heterocycles. The average Bonchev–Trinajstić information content (AvgIpc) is 2.32. The van der Waals surface area contributed by atoms with Crippen LogP contribution in [0.2, 0.25) is 0 Å². The number of hydrogen-bond acceptors (Lipinski definition) is 4. The highest BCUT2D eigenvalue weighted by Gasteiger charge is 2.29. The topological polar surface area (TPSA) is 47.7 Å². The van der Waals surface area contributed by atoms with Gasteiger partial charge >= 0.3 is 0 Å². The van der Waals surface area contributed by atoms with E-state index in [-0.39, 0.29) is 0 Å². The monoisotopic (exact) mass is 240 g/mol. The van der Waals surface area contributed by atoms with Crippen molar-refractivity contribution in [1.82, 2.24) is 4.90 Å². The first-order valence-electron chi connectivity index (χ1n) is 6.09. The minimum absolute atomic E-state index is 0.448. The molecule has 1 rings (SSSR count). The van der Waals surface area contributed by atoms with Crippen molar-refractivity contribution in [2.45, 2.75) is 25.8 Å². The summed E-state index contributed by atoms with van der Waals surface area (Å²) < 4.78 is 10.6. The average molecular weight is 240 g/mol. The summed E-state index contributed by atoms with van der Waals surface area (Å²) in [6, 6.07) is 0. The normalized spacial score (nSPS) is 24.1. The van der Waals surface area contributed by atoms with Crippen LogP contribution in [-0.4, -0.2) is 44.4 Å². The van der Waals surface area contributed by atoms with Crippen LogP contribution in [0.15, 0.2) is 23.6 Å². The molecule has 0 heterocycles. The minimum atomic E-state index is -0.448. The molecule has 4 heteroatoms. The van der Waals surface area contributed by atoms with Crippen molar-refractivity contribution < 1.29 is 9.47 Å². The van der Waals surface area contributed by atoms with E-state index >= 15 is 0 Å². The Hall–Kier alpha value is -1.00. The first kappa shape index (κ1) is 14.1. The van der Waals surface area contributed by atoms with Gasteiger partial charge in [-0.1, -0.05) is 6.08 Å². The van der Waals surface area contributed by atoms with Gasteiger partial charge in [0, 0.05) is 26.6 Å². The van der Waals surface area contributed by atoms with E-state index in [9.17, 15) is 0 Å². The third kappa shape index (κ3) is 3.23. The molecule has 1 aliphatic rings. The van der Waals surface area contributed by atoms with Crippen molar-refractivity contribution in [3.63, 3.8) is 0 Å². The largest absolute Gasteiger partial charge is 0.499 e. The maximum absolute atomic E-state index is 6.24. The molecule has 0 aliphatic heterocycles. The van der Waals surface area contributed by atoms with Crippen molar-refractivity contribution in [2.75, 3.05) is 33.9 Å². The highest BCUT2D eigenvalue weighted by Crippen LogP contribution is 2.28. The van der Waals surface area contributed by atoms with E-state index in [0.29, 0.717) is 13.0 Å². The third-order valence-corrected chi connectivity index (χ3v) is 3.11. The quantitative estimate of drug-likeness (QED) is 0.764. The highest BCUT2D eigenvalue weighted by atomic mass is 16.5. The number of hydrogen-bond donors (Lipinski definition) is 1. The fraction of sp³-hybridized carbons (Fsp3) is 0.692. The molecule has 0 aromatic rings. The second-order valence-corrected chi connectivity index (χ2v) is 4.36. The van der Waals surface area contributed by atoms with Crippen molar-refractivity contribution >= 4 is 0 Å². The first-order valence-corrected chi connectivity index (χ1v) is 6.09. The van der Waals surface area contributed by atoms with Crippen LogP contribution in [0.1, 0.15) is 20.3 Å². The van der Waals surface area contributed by atoms with Gasteiger partial charge in [0.05, 0.1) is 25.0 Å². The number of methoxy groups -OCH3 is 2. The lowest BCUT2D eigenvalue weighted by Crippen LogP contribution is -2.45. The van der Waals surface area contributed by atoms with Crippen LogP contribution in [0.25, 0.3) is 0 Å². The SMILES string of the molecule is CCN(CC)C1=C(OC)CC(N)(COC)C=C1. The maximum Gasteiger partial charge on any atom is 0.121 e. The second-order valence-electron chi connectivity index (χ2n) is 4.36. The fourth-order valence-electron chi connectivity index (χ4n) is 2.18. The molecule has 0 radical (unpaired) electrons. The molecule has 0 saturated heterocycles. The number of rotatable bonds is 6. The Labute approximate surface area is 104 Å². The van der Waals surface area contributed by atoms with Gasteiger partial charge in [0.1, 0.15) is 5.76 Å². The molecule has 17 heavy (non-hydrogen) atoms. The molecule has 0 bridgehead atoms. The van der Waals surface area contributed by atoms with Gasteiger partial charge in [-0.05, 0) is 19.9 Å². The predicted octanol–water partition coefficient (Wildman–Crippen LogP) is 1.49. The van der Waals surface area contributed by atoms with Crippen LogP contribution in [0, 0.1) is 0 Å². The zero-order chi connectivity index (χ0) is 12.9. The van der Waals surface area contributed by atoms with Crippen molar-refractivity contribution in [1.29, 1.82) is 0 Å². The smallest absolute Gasteiger partial charge is 0.121 e. The standard InChI is InChI=1S/C13H24N2O2/c1-5-15(6-2)11-7-8-13(14,10-16-3)9-12(11)17-4/h7-8H,5-6,9-10,14H2,1-4H3. The number of likely N-dealkylation sites (N-methyl/N-ethyl adjacent to an activating group) is 1. The summed E-state index contributed by atoms with van der Waals surface area (Å²) >= 11 is 0. The molecular formula is C13H24N2O2. The van der Waals surface area contributed by atoms with Gasteiger partial charge in [0.25, 0.3) is 0 Å². The van der Waals surface area contributed by atoms with Crippen LogP contribution in [0.5, 0.6) is 0 Å². The van der Waals surface area contributed by atoms with Crippen LogP contribution >= 0.6 is 0 Å². The fourth-order valence-corrected chi connectivity index (χ4v) is 2.18. The summed E-state index contributed by atoms with van der Waals surface area (Å²) in [6.45, 7) is 6.70. The van der Waals surface area contributed by atoms with E-state index < -0.39 is 5.54 Å². The van der Waals surface area contributed by atoms with Crippen LogP contribution in [-0.2, 0) is 9.47 Å². The molecule has 98 valence electrons. The molecule has 0 aromatic carbocycles. The molecule has 0 fully saturated rings. The van der Waals surface area contributed by atoms with Crippen LogP contribution in [0.3, 0.4) is 0 Å². The van der Waals surface area contributed by atoms with E-state index in [2.05, 4.69) is 18.7 Å². The summed E-state index contributed by atoms with van der Waals surface area (Å²) in [7, 11) is 3.36. The molecular weight excluding hydrogens is 216 g/mol. The lowest BCUT2D eigenvalue weighted by Gasteiger charge is -2.34. The maximum atomic E-state index is 6.24. The molecule has 1 aliphatic carbocycles. The number of ether oxygens (including phenoxy) is 2. The second kappa shape index (κ2) is 6.07. The molecule has 1 atom stereocenters. The minimum Gasteiger partial charge on any atom is -0.499 e. The van der Waals surface area contributed by atoms with Gasteiger partial charge in [0.2, 0.25) is 0 Å². The number of nitrogens with two attached hydrogens (primary N) is 1. The van der Waals surface area contributed by atoms with Crippen molar-refractivity contribution in [3.05, 3.63) is 23.6 Å². The Kier molecular flexibility index (Phi) is 5.02.